The standard InChI is InChI=1S/C23H24ClN3O4/c1-16-4-2-7-19(12-16)31-15-20(28)26-10-8-23(9-11-26)21(29)27(22(30)25-23)14-17-5-3-6-18(24)13-17/h2-7,12-13H,8-11,14-15H2,1H3,(H,25,30). The number of hydrogen-bond acceptors (Lipinski definition) is 4. The number of nitrogens with zero attached hydrogens (tertiary/aromatic N) is 2. The van der Waals surface area contributed by atoms with Crippen LogP contribution in [-0.4, -0.2) is 52.9 Å². The van der Waals surface area contributed by atoms with Crippen LogP contribution in [0.25, 0.3) is 0 Å². The normalized spacial score (nSPS) is 17.7. The highest BCUT2D eigenvalue weighted by molar-refractivity contribution is 6.30. The Morgan fingerprint density at radius 1 is 1.13 bits per heavy atom. The number of aryl methyl sites for hydroxylation is 1. The highest BCUT2D eigenvalue weighted by Gasteiger charge is 2.52. The lowest BCUT2D eigenvalue weighted by Crippen LogP contribution is -2.56. The number of imide groups is 1. The number of urea groups is 1. The minimum absolute atomic E-state index is 0.0579. The van der Waals surface area contributed by atoms with Crippen LogP contribution in [0.15, 0.2) is 48.5 Å². The first-order chi connectivity index (χ1) is 14.9. The molecule has 2 aromatic rings. The van der Waals surface area contributed by atoms with E-state index in [9.17, 15) is 14.4 Å². The fourth-order valence-corrected chi connectivity index (χ4v) is 4.27. The lowest BCUT2D eigenvalue weighted by molar-refractivity contribution is -0.139. The van der Waals surface area contributed by atoms with Crippen LogP contribution in [0.3, 0.4) is 0 Å². The average Bonchev–Trinajstić information content (AvgIpc) is 2.97. The summed E-state index contributed by atoms with van der Waals surface area (Å²) in [7, 11) is 0. The number of amides is 4. The molecule has 2 fully saturated rings. The molecule has 162 valence electrons. The number of carbonyl (C=O) groups is 3. The number of hydrogen-bond donors (Lipinski definition) is 1. The van der Waals surface area contributed by atoms with Gasteiger partial charge in [0.05, 0.1) is 6.54 Å². The molecular weight excluding hydrogens is 418 g/mol. The van der Waals surface area contributed by atoms with Crippen molar-refractivity contribution in [3.05, 3.63) is 64.7 Å². The van der Waals surface area contributed by atoms with Crippen molar-refractivity contribution in [2.75, 3.05) is 19.7 Å². The maximum atomic E-state index is 13.1. The molecule has 2 aliphatic rings. The molecule has 0 atom stereocenters. The van der Waals surface area contributed by atoms with Gasteiger partial charge in [0.15, 0.2) is 6.61 Å². The van der Waals surface area contributed by atoms with E-state index < -0.39 is 11.6 Å². The summed E-state index contributed by atoms with van der Waals surface area (Å²) in [5.74, 6) is 0.265. The second-order valence-corrected chi connectivity index (χ2v) is 8.46. The highest BCUT2D eigenvalue weighted by Crippen LogP contribution is 2.30. The number of benzene rings is 2. The fourth-order valence-electron chi connectivity index (χ4n) is 4.06. The Hall–Kier alpha value is -3.06. The zero-order valence-electron chi connectivity index (χ0n) is 17.3. The van der Waals surface area contributed by atoms with Gasteiger partial charge in [-0.15, -0.1) is 0 Å². The molecule has 31 heavy (non-hydrogen) atoms. The molecule has 2 aromatic carbocycles. The van der Waals surface area contributed by atoms with E-state index in [-0.39, 0.29) is 25.0 Å². The van der Waals surface area contributed by atoms with Crippen LogP contribution >= 0.6 is 11.6 Å². The summed E-state index contributed by atoms with van der Waals surface area (Å²) in [5, 5.41) is 3.42. The van der Waals surface area contributed by atoms with Gasteiger partial charge in [-0.2, -0.15) is 0 Å². The molecule has 0 saturated carbocycles. The summed E-state index contributed by atoms with van der Waals surface area (Å²) in [6, 6.07) is 14.2. The van der Waals surface area contributed by atoms with Gasteiger partial charge in [0, 0.05) is 18.1 Å². The maximum Gasteiger partial charge on any atom is 0.325 e. The third kappa shape index (κ3) is 4.51. The summed E-state index contributed by atoms with van der Waals surface area (Å²) in [6.45, 7) is 2.83. The second-order valence-electron chi connectivity index (χ2n) is 8.02. The van der Waals surface area contributed by atoms with Crippen molar-refractivity contribution >= 4 is 29.4 Å². The van der Waals surface area contributed by atoms with Gasteiger partial charge in [-0.05, 0) is 55.2 Å². The summed E-state index contributed by atoms with van der Waals surface area (Å²) in [6.07, 6.45) is 0.750. The van der Waals surface area contributed by atoms with Crippen LogP contribution in [0.4, 0.5) is 4.79 Å². The van der Waals surface area contributed by atoms with E-state index in [4.69, 9.17) is 16.3 Å². The van der Waals surface area contributed by atoms with Gasteiger partial charge in [-0.25, -0.2) is 4.79 Å². The van der Waals surface area contributed by atoms with Crippen LogP contribution < -0.4 is 10.1 Å². The van der Waals surface area contributed by atoms with Crippen LogP contribution in [0, 0.1) is 6.92 Å². The topological polar surface area (TPSA) is 79.0 Å². The molecule has 0 bridgehead atoms. The average molecular weight is 442 g/mol. The molecular formula is C23H24ClN3O4. The number of carbonyl (C=O) groups excluding carboxylic acids is 3. The Kier molecular flexibility index (Phi) is 5.87. The molecule has 2 aliphatic heterocycles. The zero-order valence-corrected chi connectivity index (χ0v) is 18.0. The van der Waals surface area contributed by atoms with E-state index in [0.29, 0.717) is 36.7 Å². The summed E-state index contributed by atoms with van der Waals surface area (Å²) < 4.78 is 5.60. The molecule has 8 heteroatoms. The minimum Gasteiger partial charge on any atom is -0.484 e. The van der Waals surface area contributed by atoms with E-state index in [0.717, 1.165) is 11.1 Å². The maximum absolute atomic E-state index is 13.1. The SMILES string of the molecule is Cc1cccc(OCC(=O)N2CCC3(CC2)NC(=O)N(Cc2cccc(Cl)c2)C3=O)c1. The van der Waals surface area contributed by atoms with Gasteiger partial charge in [-0.1, -0.05) is 35.9 Å². The van der Waals surface area contributed by atoms with Gasteiger partial charge >= 0.3 is 6.03 Å². The van der Waals surface area contributed by atoms with E-state index >= 15 is 0 Å². The summed E-state index contributed by atoms with van der Waals surface area (Å²) in [5.41, 5.74) is 0.890. The zero-order chi connectivity index (χ0) is 22.0. The molecule has 0 aromatic heterocycles. The molecule has 7 nitrogen and oxygen atoms in total. The molecule has 2 saturated heterocycles. The largest absolute Gasteiger partial charge is 0.484 e. The van der Waals surface area contributed by atoms with Crippen LogP contribution in [0.2, 0.25) is 5.02 Å². The van der Waals surface area contributed by atoms with Crippen molar-refractivity contribution in [3.63, 3.8) is 0 Å². The Morgan fingerprint density at radius 2 is 1.87 bits per heavy atom. The van der Waals surface area contributed by atoms with E-state index in [1.54, 1.807) is 23.1 Å². The predicted octanol–water partition coefficient (Wildman–Crippen LogP) is 3.14. The van der Waals surface area contributed by atoms with Gasteiger partial charge in [0.25, 0.3) is 11.8 Å². The minimum atomic E-state index is -0.955. The van der Waals surface area contributed by atoms with Gasteiger partial charge in [-0.3, -0.25) is 14.5 Å². The van der Waals surface area contributed by atoms with Crippen molar-refractivity contribution in [1.29, 1.82) is 0 Å². The Labute approximate surface area is 185 Å². The molecule has 4 amide bonds. The first-order valence-electron chi connectivity index (χ1n) is 10.2. The lowest BCUT2D eigenvalue weighted by atomic mass is 9.87. The van der Waals surface area contributed by atoms with Crippen molar-refractivity contribution in [1.82, 2.24) is 15.1 Å². The van der Waals surface area contributed by atoms with Crippen LogP contribution in [0.5, 0.6) is 5.75 Å². The second kappa shape index (κ2) is 8.59. The number of ether oxygens (including phenoxy) is 1. The third-order valence-electron chi connectivity index (χ3n) is 5.80. The molecule has 0 aliphatic carbocycles. The van der Waals surface area contributed by atoms with Crippen LogP contribution in [0.1, 0.15) is 24.0 Å². The molecule has 4 rings (SSSR count). The van der Waals surface area contributed by atoms with Crippen molar-refractivity contribution in [2.24, 2.45) is 0 Å². The van der Waals surface area contributed by atoms with Crippen molar-refractivity contribution < 1.29 is 19.1 Å². The summed E-state index contributed by atoms with van der Waals surface area (Å²) >= 11 is 6.01. The molecule has 1 spiro atoms. The van der Waals surface area contributed by atoms with E-state index in [1.807, 2.05) is 37.3 Å². The van der Waals surface area contributed by atoms with Crippen molar-refractivity contribution in [3.8, 4) is 5.75 Å². The predicted molar refractivity (Wildman–Crippen MR) is 116 cm³/mol. The summed E-state index contributed by atoms with van der Waals surface area (Å²) in [4.78, 5) is 41.0. The molecule has 1 N–H and O–H groups in total. The first kappa shape index (κ1) is 21.2. The van der Waals surface area contributed by atoms with Crippen molar-refractivity contribution in [2.45, 2.75) is 31.8 Å². The highest BCUT2D eigenvalue weighted by atomic mass is 35.5. The monoisotopic (exact) mass is 441 g/mol. The van der Waals surface area contributed by atoms with E-state index in [2.05, 4.69) is 5.32 Å². The number of nitrogens with one attached hydrogen (secondary N) is 1. The number of piperidine rings is 1. The Morgan fingerprint density at radius 3 is 2.58 bits per heavy atom. The quantitative estimate of drug-likeness (QED) is 0.723. The Balaban J connectivity index is 1.34. The molecule has 2 heterocycles. The molecule has 0 unspecified atom stereocenters. The molecule has 0 radical (unpaired) electrons. The van der Waals surface area contributed by atoms with Gasteiger partial charge in [0.1, 0.15) is 11.3 Å². The van der Waals surface area contributed by atoms with Crippen LogP contribution in [-0.2, 0) is 16.1 Å². The Bertz CT molecular complexity index is 1020. The fraction of sp³-hybridized carbons (Fsp3) is 0.348. The van der Waals surface area contributed by atoms with Gasteiger partial charge < -0.3 is 15.0 Å². The third-order valence-corrected chi connectivity index (χ3v) is 6.03. The van der Waals surface area contributed by atoms with Gasteiger partial charge in [0.2, 0.25) is 0 Å². The first-order valence-corrected chi connectivity index (χ1v) is 10.6. The number of rotatable bonds is 5. The number of halogens is 1. The van der Waals surface area contributed by atoms with E-state index in [1.165, 1.54) is 4.90 Å². The smallest absolute Gasteiger partial charge is 0.325 e. The number of likely N-dealkylation sites (tertiary alicyclic amines) is 1. The lowest BCUT2D eigenvalue weighted by Gasteiger charge is -2.37.